The number of rotatable bonds is 7. The Morgan fingerprint density at radius 1 is 1.23 bits per heavy atom. The molecular weight excluding hydrogens is 394 g/mol. The quantitative estimate of drug-likeness (QED) is 0.631. The molecule has 2 aromatic heterocycles. The van der Waals surface area contributed by atoms with Crippen LogP contribution in [0.3, 0.4) is 0 Å². The lowest BCUT2D eigenvalue weighted by Gasteiger charge is -2.19. The van der Waals surface area contributed by atoms with E-state index in [4.69, 9.17) is 14.7 Å². The lowest BCUT2D eigenvalue weighted by Crippen LogP contribution is -2.27. The molecule has 1 aliphatic carbocycles. The van der Waals surface area contributed by atoms with Crippen LogP contribution >= 0.6 is 0 Å². The summed E-state index contributed by atoms with van der Waals surface area (Å²) >= 11 is 0. The van der Waals surface area contributed by atoms with Gasteiger partial charge in [-0.05, 0) is 31.0 Å². The van der Waals surface area contributed by atoms with E-state index >= 15 is 0 Å². The number of nitrogens with one attached hydrogen (secondary N) is 1. The highest BCUT2D eigenvalue weighted by Crippen LogP contribution is 2.55. The molecule has 0 bridgehead atoms. The summed E-state index contributed by atoms with van der Waals surface area (Å²) in [6.07, 6.45) is 3.66. The number of nitrogens with zero attached hydrogens (tertiary/aromatic N) is 4. The highest BCUT2D eigenvalue weighted by molar-refractivity contribution is 5.95. The summed E-state index contributed by atoms with van der Waals surface area (Å²) in [5.74, 6) is 0.563. The Balaban J connectivity index is 1.52. The number of amides is 1. The number of carbonyl (C=O) groups is 1. The van der Waals surface area contributed by atoms with Crippen molar-refractivity contribution in [2.45, 2.75) is 18.8 Å². The maximum Gasteiger partial charge on any atom is 0.316 e. The van der Waals surface area contributed by atoms with Crippen LogP contribution < -0.4 is 14.8 Å². The third-order valence-corrected chi connectivity index (χ3v) is 5.46. The van der Waals surface area contributed by atoms with Gasteiger partial charge in [0.2, 0.25) is 5.91 Å². The predicted octanol–water partition coefficient (Wildman–Crippen LogP) is 3.04. The fraction of sp³-hybridized carbons (Fsp3) is 0.261. The number of pyridine rings is 1. The van der Waals surface area contributed by atoms with Crippen LogP contribution in [-0.2, 0) is 10.2 Å². The third-order valence-electron chi connectivity index (χ3n) is 5.46. The van der Waals surface area contributed by atoms with Gasteiger partial charge in [-0.1, -0.05) is 30.3 Å². The number of ether oxygens (including phenoxy) is 2. The molecule has 0 unspecified atom stereocenters. The maximum absolute atomic E-state index is 13.0. The first-order chi connectivity index (χ1) is 15.1. The molecule has 156 valence electrons. The van der Waals surface area contributed by atoms with Gasteiger partial charge in [-0.2, -0.15) is 15.2 Å². The average Bonchev–Trinajstić information content (AvgIpc) is 3.55. The Bertz CT molecular complexity index is 1130. The molecule has 0 aliphatic heterocycles. The van der Waals surface area contributed by atoms with Gasteiger partial charge in [0, 0.05) is 11.6 Å². The minimum atomic E-state index is -0.454. The summed E-state index contributed by atoms with van der Waals surface area (Å²) in [5.41, 5.74) is 1.69. The van der Waals surface area contributed by atoms with Gasteiger partial charge in [-0.3, -0.25) is 4.79 Å². The van der Waals surface area contributed by atoms with Gasteiger partial charge in [-0.15, -0.1) is 0 Å². The van der Waals surface area contributed by atoms with Crippen molar-refractivity contribution in [3.05, 3.63) is 71.7 Å². The molecule has 0 saturated heterocycles. The smallest absolute Gasteiger partial charge is 0.316 e. The molecule has 1 saturated carbocycles. The van der Waals surface area contributed by atoms with E-state index in [0.29, 0.717) is 35.9 Å². The molecule has 0 radical (unpaired) electrons. The van der Waals surface area contributed by atoms with Crippen molar-refractivity contribution in [2.75, 3.05) is 19.0 Å². The van der Waals surface area contributed by atoms with Crippen LogP contribution in [0.25, 0.3) is 0 Å². The maximum atomic E-state index is 13.0. The first kappa shape index (κ1) is 20.3. The second-order valence-electron chi connectivity index (χ2n) is 7.41. The van der Waals surface area contributed by atoms with E-state index in [-0.39, 0.29) is 17.8 Å². The molecule has 1 fully saturated rings. The van der Waals surface area contributed by atoms with Gasteiger partial charge < -0.3 is 14.8 Å². The van der Waals surface area contributed by atoms with E-state index in [1.165, 1.54) is 13.3 Å². The highest BCUT2D eigenvalue weighted by Gasteiger charge is 2.60. The molecule has 1 aromatic carbocycles. The van der Waals surface area contributed by atoms with Crippen molar-refractivity contribution in [1.29, 1.82) is 5.26 Å². The van der Waals surface area contributed by atoms with E-state index < -0.39 is 5.41 Å². The van der Waals surface area contributed by atoms with Crippen LogP contribution in [0.4, 0.5) is 5.82 Å². The van der Waals surface area contributed by atoms with Crippen LogP contribution in [0.5, 0.6) is 11.8 Å². The van der Waals surface area contributed by atoms with Crippen LogP contribution in [-0.4, -0.2) is 34.6 Å². The number of aryl methyl sites for hydroxylation is 1. The van der Waals surface area contributed by atoms with Gasteiger partial charge >= 0.3 is 6.01 Å². The lowest BCUT2D eigenvalue weighted by molar-refractivity contribution is -0.117. The van der Waals surface area contributed by atoms with E-state index in [2.05, 4.69) is 20.3 Å². The largest absolute Gasteiger partial charge is 0.489 e. The third kappa shape index (κ3) is 4.16. The number of benzene rings is 1. The molecule has 8 heteroatoms. The molecule has 3 aromatic rings. The molecule has 1 aliphatic rings. The van der Waals surface area contributed by atoms with Gasteiger partial charge in [0.1, 0.15) is 11.9 Å². The monoisotopic (exact) mass is 415 g/mol. The lowest BCUT2D eigenvalue weighted by atomic mass is 9.93. The summed E-state index contributed by atoms with van der Waals surface area (Å²) in [6.45, 7) is 2.13. The predicted molar refractivity (Wildman–Crippen MR) is 113 cm³/mol. The first-order valence-electron chi connectivity index (χ1n) is 9.79. The van der Waals surface area contributed by atoms with Crippen LogP contribution in [0.2, 0.25) is 0 Å². The van der Waals surface area contributed by atoms with E-state index in [9.17, 15) is 4.79 Å². The molecule has 2 heterocycles. The molecule has 0 spiro atoms. The molecular formula is C23H21N5O3. The number of hydrogen-bond acceptors (Lipinski definition) is 7. The topological polar surface area (TPSA) is 110 Å². The van der Waals surface area contributed by atoms with E-state index in [0.717, 1.165) is 5.56 Å². The number of methoxy groups -OCH3 is 1. The minimum Gasteiger partial charge on any atom is -0.489 e. The van der Waals surface area contributed by atoms with Gasteiger partial charge in [0.25, 0.3) is 0 Å². The summed E-state index contributed by atoms with van der Waals surface area (Å²) in [7, 11) is 1.51. The van der Waals surface area contributed by atoms with Crippen LogP contribution in [0, 0.1) is 24.2 Å². The van der Waals surface area contributed by atoms with E-state index in [1.807, 2.05) is 43.3 Å². The summed E-state index contributed by atoms with van der Waals surface area (Å²) < 4.78 is 11.1. The van der Waals surface area contributed by atoms with Crippen molar-refractivity contribution < 1.29 is 14.3 Å². The molecule has 8 nitrogen and oxygen atoms in total. The summed E-state index contributed by atoms with van der Waals surface area (Å²) in [4.78, 5) is 25.4. The van der Waals surface area contributed by atoms with Crippen molar-refractivity contribution in [3.8, 4) is 17.8 Å². The van der Waals surface area contributed by atoms with Gasteiger partial charge in [0.15, 0.2) is 5.75 Å². The number of carbonyl (C=O) groups excluding carboxylic acids is 1. The Morgan fingerprint density at radius 2 is 2.03 bits per heavy atom. The normalized spacial score (nSPS) is 19.2. The van der Waals surface area contributed by atoms with E-state index in [1.54, 1.807) is 18.3 Å². The zero-order chi connectivity index (χ0) is 21.8. The van der Waals surface area contributed by atoms with Crippen molar-refractivity contribution in [3.63, 3.8) is 0 Å². The standard InChI is InChI=1S/C23H21N5O3/c1-15-19(13-26-22(27-15)30-2)31-14-23(17-6-4-3-5-7-17)10-18(23)21(29)28-20-9-8-16(11-24)12-25-20/h3-9,12-13,18H,10,14H2,1-2H3,(H,25,28,29)/t18-,23+/m0/s1. The number of anilines is 1. The molecule has 31 heavy (non-hydrogen) atoms. The van der Waals surface area contributed by atoms with Gasteiger partial charge in [-0.25, -0.2) is 4.98 Å². The molecule has 4 rings (SSSR count). The average molecular weight is 415 g/mol. The number of hydrogen-bond donors (Lipinski definition) is 1. The van der Waals surface area contributed by atoms with Crippen molar-refractivity contribution in [1.82, 2.24) is 15.0 Å². The Kier molecular flexibility index (Phi) is 5.50. The van der Waals surface area contributed by atoms with Gasteiger partial charge in [0.05, 0.1) is 37.1 Å². The first-order valence-corrected chi connectivity index (χ1v) is 9.79. The number of aromatic nitrogens is 3. The summed E-state index contributed by atoms with van der Waals surface area (Å²) in [6, 6.07) is 15.4. The minimum absolute atomic E-state index is 0.132. The van der Waals surface area contributed by atoms with Crippen molar-refractivity contribution in [2.24, 2.45) is 5.92 Å². The molecule has 1 N–H and O–H groups in total. The second kappa shape index (κ2) is 8.40. The fourth-order valence-corrected chi connectivity index (χ4v) is 3.61. The Morgan fingerprint density at radius 3 is 2.68 bits per heavy atom. The Labute approximate surface area is 179 Å². The fourth-order valence-electron chi connectivity index (χ4n) is 3.61. The molecule has 1 amide bonds. The molecule has 2 atom stereocenters. The second-order valence-corrected chi connectivity index (χ2v) is 7.41. The zero-order valence-corrected chi connectivity index (χ0v) is 17.2. The Hall–Kier alpha value is -3.99. The van der Waals surface area contributed by atoms with Crippen LogP contribution in [0.15, 0.2) is 54.9 Å². The van der Waals surface area contributed by atoms with Crippen LogP contribution in [0.1, 0.15) is 23.2 Å². The van der Waals surface area contributed by atoms with Crippen molar-refractivity contribution >= 4 is 11.7 Å². The SMILES string of the molecule is COc1ncc(OC[C@@]2(c3ccccc3)C[C@H]2C(=O)Nc2ccc(C#N)cn2)c(C)n1. The number of nitriles is 1. The highest BCUT2D eigenvalue weighted by atomic mass is 16.5. The zero-order valence-electron chi connectivity index (χ0n) is 17.2. The summed E-state index contributed by atoms with van der Waals surface area (Å²) in [5, 5.41) is 11.7.